The first-order valence-electron chi connectivity index (χ1n) is 6.46. The molecular weight excluding hydrogens is 228 g/mol. The fourth-order valence-electron chi connectivity index (χ4n) is 1.62. The summed E-state index contributed by atoms with van der Waals surface area (Å²) in [7, 11) is 1.86. The molecule has 0 spiro atoms. The van der Waals surface area contributed by atoms with Gasteiger partial charge in [0.2, 0.25) is 0 Å². The lowest BCUT2D eigenvalue weighted by molar-refractivity contribution is 0.226. The molecule has 1 rings (SSSR count). The number of anilines is 2. The summed E-state index contributed by atoms with van der Waals surface area (Å²) in [4.78, 5) is 8.94. The third-order valence-electron chi connectivity index (χ3n) is 3.25. The zero-order valence-corrected chi connectivity index (χ0v) is 11.9. The average molecular weight is 252 g/mol. The number of hydrogen-bond donors (Lipinski definition) is 3. The monoisotopic (exact) mass is 252 g/mol. The van der Waals surface area contributed by atoms with Gasteiger partial charge in [-0.3, -0.25) is 0 Å². The van der Waals surface area contributed by atoms with Gasteiger partial charge in [-0.25, -0.2) is 9.97 Å². The van der Waals surface area contributed by atoms with Gasteiger partial charge in [0.05, 0.1) is 0 Å². The van der Waals surface area contributed by atoms with E-state index in [9.17, 15) is 0 Å². The highest BCUT2D eigenvalue weighted by Gasteiger charge is 2.15. The van der Waals surface area contributed by atoms with E-state index in [1.54, 1.807) is 0 Å². The Morgan fingerprint density at radius 2 is 1.83 bits per heavy atom. The van der Waals surface area contributed by atoms with E-state index in [4.69, 9.17) is 5.11 Å². The molecule has 0 aromatic carbocycles. The van der Waals surface area contributed by atoms with E-state index >= 15 is 0 Å². The van der Waals surface area contributed by atoms with Crippen molar-refractivity contribution in [1.29, 1.82) is 0 Å². The molecule has 0 fully saturated rings. The van der Waals surface area contributed by atoms with E-state index in [-0.39, 0.29) is 18.6 Å². The van der Waals surface area contributed by atoms with Crippen LogP contribution in [0.4, 0.5) is 11.6 Å². The van der Waals surface area contributed by atoms with Crippen LogP contribution in [0.15, 0.2) is 0 Å². The summed E-state index contributed by atoms with van der Waals surface area (Å²) in [6, 6.07) is 0.165. The molecule has 5 heteroatoms. The van der Waals surface area contributed by atoms with E-state index in [2.05, 4.69) is 20.6 Å². The minimum absolute atomic E-state index is 0.165. The number of aromatic nitrogens is 2. The Kier molecular flexibility index (Phi) is 5.34. The van der Waals surface area contributed by atoms with Crippen LogP contribution in [-0.4, -0.2) is 34.8 Å². The van der Waals surface area contributed by atoms with Crippen LogP contribution in [0.2, 0.25) is 0 Å². The highest BCUT2D eigenvalue weighted by molar-refractivity contribution is 5.57. The first-order valence-corrected chi connectivity index (χ1v) is 6.46. The number of nitrogens with zero attached hydrogens (tertiary/aromatic N) is 2. The van der Waals surface area contributed by atoms with Gasteiger partial charge in [0.15, 0.2) is 0 Å². The van der Waals surface area contributed by atoms with Crippen LogP contribution in [0.1, 0.15) is 32.2 Å². The number of aliphatic hydroxyl groups excluding tert-OH is 1. The lowest BCUT2D eigenvalue weighted by atomic mass is 10.1. The van der Waals surface area contributed by atoms with Gasteiger partial charge in [0.25, 0.3) is 0 Å². The zero-order valence-electron chi connectivity index (χ0n) is 11.9. The van der Waals surface area contributed by atoms with Crippen molar-refractivity contribution in [3.63, 3.8) is 0 Å². The van der Waals surface area contributed by atoms with E-state index in [1.165, 1.54) is 0 Å². The van der Waals surface area contributed by atoms with Crippen molar-refractivity contribution >= 4 is 11.6 Å². The highest BCUT2D eigenvalue weighted by atomic mass is 16.3. The van der Waals surface area contributed by atoms with Gasteiger partial charge in [0, 0.05) is 31.7 Å². The van der Waals surface area contributed by atoms with Gasteiger partial charge in [-0.15, -0.1) is 0 Å². The van der Waals surface area contributed by atoms with Gasteiger partial charge < -0.3 is 15.7 Å². The predicted octanol–water partition coefficient (Wildman–Crippen LogP) is 1.82. The lowest BCUT2D eigenvalue weighted by Gasteiger charge is -2.22. The van der Waals surface area contributed by atoms with Crippen LogP contribution in [0.3, 0.4) is 0 Å². The minimum Gasteiger partial charge on any atom is -0.396 e. The van der Waals surface area contributed by atoms with Crippen molar-refractivity contribution in [1.82, 2.24) is 9.97 Å². The number of aliphatic hydroxyl groups is 1. The van der Waals surface area contributed by atoms with Gasteiger partial charge >= 0.3 is 0 Å². The molecule has 3 N–H and O–H groups in total. The molecule has 0 aliphatic carbocycles. The Morgan fingerprint density at radius 3 is 2.33 bits per heavy atom. The molecule has 0 aliphatic heterocycles. The van der Waals surface area contributed by atoms with Crippen LogP contribution >= 0.6 is 0 Å². The number of rotatable bonds is 6. The van der Waals surface area contributed by atoms with Gasteiger partial charge in [-0.05, 0) is 19.8 Å². The number of nitrogens with one attached hydrogen (secondary N) is 2. The summed E-state index contributed by atoms with van der Waals surface area (Å²) in [5.74, 6) is 2.70. The molecule has 1 aromatic rings. The summed E-state index contributed by atoms with van der Waals surface area (Å²) >= 11 is 0. The first-order chi connectivity index (χ1) is 8.53. The normalized spacial score (nSPS) is 14.1. The second-order valence-electron chi connectivity index (χ2n) is 4.66. The Balaban J connectivity index is 3.00. The standard InChI is InChI=1S/C13H24N4O/c1-6-11-16-12(14-5)9(3)13(17-11)15-10(4)8(2)7-18/h8,10,18H,6-7H2,1-5H3,(H2,14,15,16,17). The molecule has 18 heavy (non-hydrogen) atoms. The molecular formula is C13H24N4O. The summed E-state index contributed by atoms with van der Waals surface area (Å²) < 4.78 is 0. The van der Waals surface area contributed by atoms with Crippen molar-refractivity contribution < 1.29 is 5.11 Å². The van der Waals surface area contributed by atoms with E-state index < -0.39 is 0 Å². The smallest absolute Gasteiger partial charge is 0.134 e. The SMILES string of the molecule is CCc1nc(NC)c(C)c(NC(C)C(C)CO)n1. The van der Waals surface area contributed by atoms with E-state index in [0.29, 0.717) is 0 Å². The maximum Gasteiger partial charge on any atom is 0.134 e. The quantitative estimate of drug-likeness (QED) is 0.720. The lowest BCUT2D eigenvalue weighted by Crippen LogP contribution is -2.27. The Morgan fingerprint density at radius 1 is 1.22 bits per heavy atom. The van der Waals surface area contributed by atoms with Crippen molar-refractivity contribution in [2.75, 3.05) is 24.3 Å². The summed E-state index contributed by atoms with van der Waals surface area (Å²) in [6.45, 7) is 8.25. The summed E-state index contributed by atoms with van der Waals surface area (Å²) in [6.07, 6.45) is 0.799. The van der Waals surface area contributed by atoms with Gasteiger partial charge in [0.1, 0.15) is 17.5 Å². The summed E-state index contributed by atoms with van der Waals surface area (Å²) in [5.41, 5.74) is 1.01. The second kappa shape index (κ2) is 6.54. The average Bonchev–Trinajstić information content (AvgIpc) is 2.39. The van der Waals surface area contributed by atoms with Crippen LogP contribution in [-0.2, 0) is 6.42 Å². The molecule has 0 amide bonds. The molecule has 102 valence electrons. The van der Waals surface area contributed by atoms with Crippen LogP contribution in [0.25, 0.3) is 0 Å². The van der Waals surface area contributed by atoms with Crippen LogP contribution in [0.5, 0.6) is 0 Å². The third kappa shape index (κ3) is 3.32. The fraction of sp³-hybridized carbons (Fsp3) is 0.692. The molecule has 0 saturated carbocycles. The van der Waals surface area contributed by atoms with E-state index in [1.807, 2.05) is 34.7 Å². The zero-order chi connectivity index (χ0) is 13.7. The molecule has 1 heterocycles. The Bertz CT molecular complexity index is 395. The summed E-state index contributed by atoms with van der Waals surface area (Å²) in [5, 5.41) is 15.6. The topological polar surface area (TPSA) is 70.1 Å². The van der Waals surface area contributed by atoms with Crippen molar-refractivity contribution in [3.8, 4) is 0 Å². The first kappa shape index (κ1) is 14.7. The largest absolute Gasteiger partial charge is 0.396 e. The van der Waals surface area contributed by atoms with Crippen LogP contribution in [0, 0.1) is 12.8 Å². The molecule has 0 aliphatic rings. The highest BCUT2D eigenvalue weighted by Crippen LogP contribution is 2.21. The number of aryl methyl sites for hydroxylation is 1. The Labute approximate surface area is 109 Å². The molecule has 2 atom stereocenters. The van der Waals surface area contributed by atoms with Crippen LogP contribution < -0.4 is 10.6 Å². The Hall–Kier alpha value is -1.36. The second-order valence-corrected chi connectivity index (χ2v) is 4.66. The molecule has 0 saturated heterocycles. The molecule has 2 unspecified atom stereocenters. The molecule has 0 radical (unpaired) electrons. The maximum atomic E-state index is 9.17. The van der Waals surface area contributed by atoms with Gasteiger partial charge in [-0.1, -0.05) is 13.8 Å². The third-order valence-corrected chi connectivity index (χ3v) is 3.25. The maximum absolute atomic E-state index is 9.17. The van der Waals surface area contributed by atoms with Crippen molar-refractivity contribution in [2.45, 2.75) is 40.2 Å². The van der Waals surface area contributed by atoms with Crippen molar-refractivity contribution in [3.05, 3.63) is 11.4 Å². The van der Waals surface area contributed by atoms with Gasteiger partial charge in [-0.2, -0.15) is 0 Å². The molecule has 5 nitrogen and oxygen atoms in total. The number of hydrogen-bond acceptors (Lipinski definition) is 5. The fourth-order valence-corrected chi connectivity index (χ4v) is 1.62. The molecule has 1 aromatic heterocycles. The van der Waals surface area contributed by atoms with E-state index in [0.717, 1.165) is 29.4 Å². The minimum atomic E-state index is 0.165. The van der Waals surface area contributed by atoms with Crippen molar-refractivity contribution in [2.24, 2.45) is 5.92 Å². The predicted molar refractivity (Wildman–Crippen MR) is 75.0 cm³/mol. The molecule has 0 bridgehead atoms.